The summed E-state index contributed by atoms with van der Waals surface area (Å²) in [5.41, 5.74) is 0. The zero-order valence-electron chi connectivity index (χ0n) is 9.33. The fourth-order valence-electron chi connectivity index (χ4n) is 0.494. The van der Waals surface area contributed by atoms with E-state index in [0.29, 0.717) is 12.0 Å². The first-order chi connectivity index (χ1) is 5.63. The highest BCUT2D eigenvalue weighted by Gasteiger charge is 1.81. The Labute approximate surface area is 77.6 Å². The molecule has 0 aromatic heterocycles. The lowest BCUT2D eigenvalue weighted by Crippen LogP contribution is -1.87. The van der Waals surface area contributed by atoms with Crippen LogP contribution in [0.2, 0.25) is 0 Å². The van der Waals surface area contributed by atoms with E-state index in [0.717, 1.165) is 0 Å². The first-order valence-electron chi connectivity index (χ1n) is 4.83. The van der Waals surface area contributed by atoms with Crippen LogP contribution >= 0.6 is 0 Å². The number of nitrogens with zero attached hydrogens (tertiary/aromatic N) is 1. The van der Waals surface area contributed by atoms with Gasteiger partial charge in [-0.1, -0.05) is 33.8 Å². The summed E-state index contributed by atoms with van der Waals surface area (Å²) in [5, 5.41) is 0. The van der Waals surface area contributed by atoms with Gasteiger partial charge in [0.2, 0.25) is 0 Å². The largest absolute Gasteiger partial charge is 0.290 e. The number of hydrogen-bond acceptors (Lipinski definition) is 1. The van der Waals surface area contributed by atoms with Gasteiger partial charge in [0.15, 0.2) is 0 Å². The molecule has 0 bridgehead atoms. The molecule has 1 nitrogen and oxygen atoms in total. The molecule has 0 radical (unpaired) electrons. The number of rotatable bonds is 3. The Morgan fingerprint density at radius 2 is 1.50 bits per heavy atom. The summed E-state index contributed by atoms with van der Waals surface area (Å²) in [6, 6.07) is 0.414. The van der Waals surface area contributed by atoms with E-state index in [9.17, 15) is 0 Å². The van der Waals surface area contributed by atoms with Crippen molar-refractivity contribution in [3.63, 3.8) is 0 Å². The molecule has 0 aliphatic heterocycles. The fourth-order valence-corrected chi connectivity index (χ4v) is 0.494. The molecule has 0 aliphatic rings. The molecule has 0 aromatic rings. The zero-order chi connectivity index (χ0) is 9.98. The smallest absolute Gasteiger partial charge is 0.0443 e. The number of aliphatic imine (C=N–C) groups is 1. The van der Waals surface area contributed by atoms with Gasteiger partial charge in [-0.2, -0.15) is 0 Å². The minimum Gasteiger partial charge on any atom is -0.290 e. The molecular formula is C11H23N. The van der Waals surface area contributed by atoms with E-state index in [2.05, 4.69) is 38.8 Å². The maximum absolute atomic E-state index is 4.18. The van der Waals surface area contributed by atoms with E-state index >= 15 is 0 Å². The molecule has 0 N–H and O–H groups in total. The molecule has 0 unspecified atom stereocenters. The van der Waals surface area contributed by atoms with Crippen LogP contribution in [0.3, 0.4) is 0 Å². The van der Waals surface area contributed by atoms with Crippen LogP contribution in [0.25, 0.3) is 0 Å². The standard InChI is InChI=1S/C9H17N.C2H6/c1-8(2)6-5-7-10-9(3)4;1-2/h5-9H,1-4H3;1-2H3. The van der Waals surface area contributed by atoms with Crippen LogP contribution in [-0.2, 0) is 0 Å². The minimum absolute atomic E-state index is 0.414. The number of hydrogen-bond donors (Lipinski definition) is 0. The average molecular weight is 169 g/mol. The molecule has 0 heterocycles. The second kappa shape index (κ2) is 10.4. The van der Waals surface area contributed by atoms with Gasteiger partial charge in [-0.15, -0.1) is 0 Å². The van der Waals surface area contributed by atoms with Crippen molar-refractivity contribution in [2.45, 2.75) is 47.6 Å². The van der Waals surface area contributed by atoms with E-state index in [-0.39, 0.29) is 0 Å². The van der Waals surface area contributed by atoms with Crippen molar-refractivity contribution in [2.24, 2.45) is 10.9 Å². The third-order valence-corrected chi connectivity index (χ3v) is 0.966. The molecule has 72 valence electrons. The van der Waals surface area contributed by atoms with Gasteiger partial charge in [-0.3, -0.25) is 4.99 Å². The lowest BCUT2D eigenvalue weighted by molar-refractivity contribution is 0.829. The molecule has 0 amide bonds. The molecule has 0 rings (SSSR count). The molecule has 0 saturated heterocycles. The summed E-state index contributed by atoms with van der Waals surface area (Å²) in [4.78, 5) is 4.18. The van der Waals surface area contributed by atoms with Crippen molar-refractivity contribution in [1.82, 2.24) is 0 Å². The molecule has 0 aliphatic carbocycles. The Balaban J connectivity index is 0. The summed E-state index contributed by atoms with van der Waals surface area (Å²) in [6.07, 6.45) is 6.00. The summed E-state index contributed by atoms with van der Waals surface area (Å²) < 4.78 is 0. The van der Waals surface area contributed by atoms with E-state index < -0.39 is 0 Å². The average Bonchev–Trinajstić information content (AvgIpc) is 2.02. The first-order valence-corrected chi connectivity index (χ1v) is 4.83. The molecule has 0 fully saturated rings. The van der Waals surface area contributed by atoms with Crippen molar-refractivity contribution in [3.8, 4) is 0 Å². The van der Waals surface area contributed by atoms with E-state index in [4.69, 9.17) is 0 Å². The minimum atomic E-state index is 0.414. The monoisotopic (exact) mass is 169 g/mol. The van der Waals surface area contributed by atoms with Crippen LogP contribution in [0, 0.1) is 5.92 Å². The van der Waals surface area contributed by atoms with Crippen LogP contribution in [0.1, 0.15) is 41.5 Å². The van der Waals surface area contributed by atoms with Crippen molar-refractivity contribution in [2.75, 3.05) is 0 Å². The van der Waals surface area contributed by atoms with Gasteiger partial charge in [0.1, 0.15) is 0 Å². The number of allylic oxidation sites excluding steroid dienone is 2. The van der Waals surface area contributed by atoms with Crippen molar-refractivity contribution < 1.29 is 0 Å². The fraction of sp³-hybridized carbons (Fsp3) is 0.727. The van der Waals surface area contributed by atoms with Crippen molar-refractivity contribution in [1.29, 1.82) is 0 Å². The van der Waals surface area contributed by atoms with Gasteiger partial charge in [-0.25, -0.2) is 0 Å². The van der Waals surface area contributed by atoms with Gasteiger partial charge < -0.3 is 0 Å². The highest BCUT2D eigenvalue weighted by Crippen LogP contribution is 1.91. The maximum atomic E-state index is 4.18. The topological polar surface area (TPSA) is 12.4 Å². The second-order valence-corrected chi connectivity index (χ2v) is 3.02. The van der Waals surface area contributed by atoms with E-state index in [1.165, 1.54) is 0 Å². The lowest BCUT2D eigenvalue weighted by atomic mass is 10.2. The lowest BCUT2D eigenvalue weighted by Gasteiger charge is -1.92. The molecule has 1 heteroatoms. The molecule has 0 atom stereocenters. The van der Waals surface area contributed by atoms with Crippen molar-refractivity contribution >= 4 is 6.21 Å². The van der Waals surface area contributed by atoms with Gasteiger partial charge in [0.25, 0.3) is 0 Å². The van der Waals surface area contributed by atoms with Crippen LogP contribution < -0.4 is 0 Å². The zero-order valence-corrected chi connectivity index (χ0v) is 9.33. The SMILES string of the molecule is CC.CC(C)C=CC=NC(C)C. The normalized spacial score (nSPS) is 11.3. The highest BCUT2D eigenvalue weighted by molar-refractivity contribution is 5.71. The Kier molecular flexibility index (Phi) is 12.1. The summed E-state index contributed by atoms with van der Waals surface area (Å²) in [7, 11) is 0. The summed E-state index contributed by atoms with van der Waals surface area (Å²) >= 11 is 0. The Morgan fingerprint density at radius 3 is 1.83 bits per heavy atom. The third kappa shape index (κ3) is 16.2. The molecular weight excluding hydrogens is 146 g/mol. The molecule has 0 spiro atoms. The quantitative estimate of drug-likeness (QED) is 0.571. The molecule has 12 heavy (non-hydrogen) atoms. The molecule has 0 saturated carbocycles. The molecule has 0 aromatic carbocycles. The van der Waals surface area contributed by atoms with Crippen LogP contribution in [0.15, 0.2) is 17.1 Å². The van der Waals surface area contributed by atoms with Gasteiger partial charge in [0.05, 0.1) is 0 Å². The Morgan fingerprint density at radius 1 is 1.00 bits per heavy atom. The van der Waals surface area contributed by atoms with Gasteiger partial charge in [-0.05, 0) is 25.8 Å². The van der Waals surface area contributed by atoms with E-state index in [1.54, 1.807) is 0 Å². The van der Waals surface area contributed by atoms with Gasteiger partial charge in [0, 0.05) is 12.3 Å². The summed E-state index contributed by atoms with van der Waals surface area (Å²) in [5.74, 6) is 0.624. The van der Waals surface area contributed by atoms with Gasteiger partial charge >= 0.3 is 0 Å². The Bertz CT molecular complexity index is 105. The first kappa shape index (κ1) is 14.0. The van der Waals surface area contributed by atoms with Crippen LogP contribution in [-0.4, -0.2) is 12.3 Å². The Hall–Kier alpha value is -0.590. The predicted molar refractivity (Wildman–Crippen MR) is 59.0 cm³/mol. The van der Waals surface area contributed by atoms with Crippen LogP contribution in [0.5, 0.6) is 0 Å². The van der Waals surface area contributed by atoms with Crippen molar-refractivity contribution in [3.05, 3.63) is 12.2 Å². The third-order valence-electron chi connectivity index (χ3n) is 0.966. The predicted octanol–water partition coefficient (Wildman–Crippen LogP) is 3.70. The maximum Gasteiger partial charge on any atom is 0.0443 e. The van der Waals surface area contributed by atoms with Crippen LogP contribution in [0.4, 0.5) is 0 Å². The van der Waals surface area contributed by atoms with E-state index in [1.807, 2.05) is 26.1 Å². The second-order valence-electron chi connectivity index (χ2n) is 3.02. The summed E-state index contributed by atoms with van der Waals surface area (Å²) in [6.45, 7) is 12.4. The highest BCUT2D eigenvalue weighted by atomic mass is 14.7.